The highest BCUT2D eigenvalue weighted by Gasteiger charge is 2.13. The number of aliphatic carboxylic acids is 1. The topological polar surface area (TPSA) is 63.3 Å². The van der Waals surface area contributed by atoms with E-state index in [1.54, 1.807) is 0 Å². The van der Waals surface area contributed by atoms with E-state index in [1.165, 1.54) is 0 Å². The third-order valence-electron chi connectivity index (χ3n) is 2.70. The van der Waals surface area contributed by atoms with Gasteiger partial charge in [0.2, 0.25) is 0 Å². The summed E-state index contributed by atoms with van der Waals surface area (Å²) in [6.45, 7) is 4.34. The Bertz CT molecular complexity index is 181. The van der Waals surface area contributed by atoms with Gasteiger partial charge in [-0.2, -0.15) is 0 Å². The molecule has 0 bridgehead atoms. The van der Waals surface area contributed by atoms with Crippen LogP contribution in [0.5, 0.6) is 0 Å². The lowest BCUT2D eigenvalue weighted by molar-refractivity contribution is -0.888. The third-order valence-corrected chi connectivity index (χ3v) is 2.70. The molecule has 0 unspecified atom stereocenters. The van der Waals surface area contributed by atoms with E-state index in [2.05, 4.69) is 21.0 Å². The van der Waals surface area contributed by atoms with Gasteiger partial charge in [0.25, 0.3) is 0 Å². The van der Waals surface area contributed by atoms with Crippen molar-refractivity contribution in [1.29, 1.82) is 0 Å². The van der Waals surface area contributed by atoms with Crippen molar-refractivity contribution in [3.8, 4) is 0 Å². The fourth-order valence-corrected chi connectivity index (χ4v) is 1.19. The summed E-state index contributed by atoms with van der Waals surface area (Å²) >= 11 is 0. The first kappa shape index (κ1) is 13.4. The number of carboxylic acid groups (broad SMARTS) is 1. The Morgan fingerprint density at radius 1 is 1.43 bits per heavy atom. The maximum Gasteiger partial charge on any atom is 0.320 e. The number of carbonyl (C=O) groups is 1. The van der Waals surface area contributed by atoms with Crippen molar-refractivity contribution < 1.29 is 14.4 Å². The van der Waals surface area contributed by atoms with Gasteiger partial charge in [-0.1, -0.05) is 0 Å². The average Bonchev–Trinajstić information content (AvgIpc) is 2.12. The molecule has 4 heteroatoms. The van der Waals surface area contributed by atoms with Gasteiger partial charge in [-0.15, -0.1) is 0 Å². The molecule has 84 valence electrons. The van der Waals surface area contributed by atoms with Crippen molar-refractivity contribution in [3.05, 3.63) is 0 Å². The van der Waals surface area contributed by atoms with Gasteiger partial charge in [0, 0.05) is 0 Å². The van der Waals surface area contributed by atoms with E-state index in [1.807, 2.05) is 0 Å². The first-order valence-electron chi connectivity index (χ1n) is 5.19. The Balaban J connectivity index is 3.52. The summed E-state index contributed by atoms with van der Waals surface area (Å²) in [6.07, 6.45) is 2.52. The lowest BCUT2D eigenvalue weighted by Crippen LogP contribution is -2.40. The fourth-order valence-electron chi connectivity index (χ4n) is 1.19. The van der Waals surface area contributed by atoms with Crippen LogP contribution >= 0.6 is 0 Å². The highest BCUT2D eigenvalue weighted by atomic mass is 16.4. The van der Waals surface area contributed by atoms with E-state index in [0.717, 1.165) is 30.4 Å². The second kappa shape index (κ2) is 5.98. The SMILES string of the molecule is CC[N+](C)(C)CCCC[C@H](N)C(=O)O. The zero-order valence-electron chi connectivity index (χ0n) is 9.49. The molecule has 0 radical (unpaired) electrons. The van der Waals surface area contributed by atoms with Crippen molar-refractivity contribution in [2.75, 3.05) is 27.2 Å². The number of rotatable bonds is 7. The summed E-state index contributed by atoms with van der Waals surface area (Å²) in [4.78, 5) is 10.4. The maximum absolute atomic E-state index is 10.4. The molecule has 0 aromatic rings. The van der Waals surface area contributed by atoms with Crippen LogP contribution in [0, 0.1) is 0 Å². The summed E-state index contributed by atoms with van der Waals surface area (Å²) in [5.41, 5.74) is 5.39. The van der Waals surface area contributed by atoms with Gasteiger partial charge in [0.1, 0.15) is 6.04 Å². The minimum absolute atomic E-state index is 0.582. The molecular weight excluding hydrogens is 180 g/mol. The predicted octanol–water partition coefficient (Wildman–Crippen LogP) is 0.665. The molecule has 0 aromatic carbocycles. The van der Waals surface area contributed by atoms with Crippen LogP contribution < -0.4 is 5.73 Å². The van der Waals surface area contributed by atoms with Crippen molar-refractivity contribution in [1.82, 2.24) is 0 Å². The summed E-state index contributed by atoms with van der Waals surface area (Å²) in [6, 6.07) is -0.688. The number of carboxylic acids is 1. The minimum Gasteiger partial charge on any atom is -0.480 e. The third kappa shape index (κ3) is 5.94. The van der Waals surface area contributed by atoms with Crippen molar-refractivity contribution in [2.45, 2.75) is 32.2 Å². The lowest BCUT2D eigenvalue weighted by atomic mass is 10.1. The second-order valence-corrected chi connectivity index (χ2v) is 4.42. The Kier molecular flexibility index (Phi) is 5.72. The molecule has 0 fully saturated rings. The summed E-state index contributed by atoms with van der Waals surface area (Å²) in [5.74, 6) is -0.894. The molecule has 0 rings (SSSR count). The molecule has 1 atom stereocenters. The molecule has 0 aliphatic rings. The van der Waals surface area contributed by atoms with E-state index in [0.29, 0.717) is 6.42 Å². The number of hydrogen-bond acceptors (Lipinski definition) is 2. The van der Waals surface area contributed by atoms with Crippen molar-refractivity contribution in [2.24, 2.45) is 5.73 Å². The van der Waals surface area contributed by atoms with Gasteiger partial charge in [0.05, 0.1) is 27.2 Å². The molecule has 0 spiro atoms. The highest BCUT2D eigenvalue weighted by molar-refractivity contribution is 5.72. The molecule has 0 aliphatic carbocycles. The number of hydrogen-bond donors (Lipinski definition) is 2. The van der Waals surface area contributed by atoms with Crippen LogP contribution in [0.2, 0.25) is 0 Å². The lowest BCUT2D eigenvalue weighted by Gasteiger charge is -2.28. The van der Waals surface area contributed by atoms with Crippen LogP contribution in [0.1, 0.15) is 26.2 Å². The van der Waals surface area contributed by atoms with Crippen LogP contribution in [0.15, 0.2) is 0 Å². The fraction of sp³-hybridized carbons (Fsp3) is 0.900. The zero-order chi connectivity index (χ0) is 11.2. The van der Waals surface area contributed by atoms with Crippen molar-refractivity contribution >= 4 is 5.97 Å². The minimum atomic E-state index is -0.894. The van der Waals surface area contributed by atoms with E-state index in [4.69, 9.17) is 10.8 Å². The number of nitrogens with two attached hydrogens (primary N) is 1. The van der Waals surface area contributed by atoms with Crippen molar-refractivity contribution in [3.63, 3.8) is 0 Å². The van der Waals surface area contributed by atoms with Gasteiger partial charge in [-0.25, -0.2) is 0 Å². The van der Waals surface area contributed by atoms with Gasteiger partial charge < -0.3 is 15.3 Å². The molecule has 0 saturated heterocycles. The van der Waals surface area contributed by atoms with Crippen LogP contribution in [0.25, 0.3) is 0 Å². The molecule has 3 N–H and O–H groups in total. The molecule has 0 amide bonds. The summed E-state index contributed by atoms with van der Waals surface area (Å²) in [5, 5.41) is 8.56. The smallest absolute Gasteiger partial charge is 0.320 e. The van der Waals surface area contributed by atoms with Gasteiger partial charge in [-0.05, 0) is 26.2 Å². The van der Waals surface area contributed by atoms with Crippen LogP contribution in [0.3, 0.4) is 0 Å². The van der Waals surface area contributed by atoms with Crippen LogP contribution in [0.4, 0.5) is 0 Å². The Labute approximate surface area is 86.3 Å². The largest absolute Gasteiger partial charge is 0.480 e. The van der Waals surface area contributed by atoms with Crippen LogP contribution in [-0.4, -0.2) is 48.8 Å². The quantitative estimate of drug-likeness (QED) is 0.472. The molecular formula is C10H23N2O2+. The first-order chi connectivity index (χ1) is 6.39. The number of nitrogens with zero attached hydrogens (tertiary/aromatic N) is 1. The average molecular weight is 203 g/mol. The number of unbranched alkanes of at least 4 members (excludes halogenated alkanes) is 1. The molecule has 0 saturated carbocycles. The first-order valence-corrected chi connectivity index (χ1v) is 5.19. The van der Waals surface area contributed by atoms with Gasteiger partial charge in [0.15, 0.2) is 0 Å². The molecule has 0 aliphatic heterocycles. The second-order valence-electron chi connectivity index (χ2n) is 4.42. The zero-order valence-corrected chi connectivity index (χ0v) is 9.49. The Hall–Kier alpha value is -0.610. The maximum atomic E-state index is 10.4. The normalized spacial score (nSPS) is 14.0. The molecule has 0 heterocycles. The predicted molar refractivity (Wildman–Crippen MR) is 57.0 cm³/mol. The summed E-state index contributed by atoms with van der Waals surface area (Å²) < 4.78 is 0.988. The number of quaternary nitrogens is 1. The molecule has 14 heavy (non-hydrogen) atoms. The van der Waals surface area contributed by atoms with Crippen LogP contribution in [-0.2, 0) is 4.79 Å². The van der Waals surface area contributed by atoms with E-state index in [-0.39, 0.29) is 0 Å². The Morgan fingerprint density at radius 3 is 2.43 bits per heavy atom. The van der Waals surface area contributed by atoms with E-state index < -0.39 is 12.0 Å². The molecule has 0 aromatic heterocycles. The Morgan fingerprint density at radius 2 is 2.00 bits per heavy atom. The highest BCUT2D eigenvalue weighted by Crippen LogP contribution is 2.04. The summed E-state index contributed by atoms with van der Waals surface area (Å²) in [7, 11) is 4.36. The van der Waals surface area contributed by atoms with Gasteiger partial charge in [-0.3, -0.25) is 4.79 Å². The van der Waals surface area contributed by atoms with E-state index in [9.17, 15) is 4.79 Å². The molecule has 4 nitrogen and oxygen atoms in total. The van der Waals surface area contributed by atoms with Gasteiger partial charge >= 0.3 is 5.97 Å². The van der Waals surface area contributed by atoms with E-state index >= 15 is 0 Å². The monoisotopic (exact) mass is 203 g/mol. The standard InChI is InChI=1S/C10H22N2O2/c1-4-12(2,3)8-6-5-7-9(11)10(13)14/h9H,4-8,11H2,1-3H3/p+1/t9-/m0/s1.